The van der Waals surface area contributed by atoms with Gasteiger partial charge in [-0.1, -0.05) is 125 Å². The molecule has 12 rings (SSSR count). The van der Waals surface area contributed by atoms with Crippen molar-refractivity contribution in [3.05, 3.63) is 180 Å². The zero-order valence-corrected chi connectivity index (χ0v) is 33.4. The van der Waals surface area contributed by atoms with Gasteiger partial charge in [-0.25, -0.2) is 0 Å². The lowest BCUT2D eigenvalue weighted by Crippen LogP contribution is -2.30. The first-order valence-electron chi connectivity index (χ1n) is 19.5. The molecule has 0 saturated heterocycles. The molecule has 0 N–H and O–H groups in total. The van der Waals surface area contributed by atoms with Crippen molar-refractivity contribution in [3.63, 3.8) is 0 Å². The van der Waals surface area contributed by atoms with E-state index in [4.69, 9.17) is 0 Å². The third kappa shape index (κ3) is 4.26. The van der Waals surface area contributed by atoms with Crippen molar-refractivity contribution in [1.29, 1.82) is 0 Å². The molecular weight excluding hydrogens is 717 g/mol. The number of hydrogen-bond acceptors (Lipinski definition) is 4. The van der Waals surface area contributed by atoms with Gasteiger partial charge >= 0.3 is 0 Å². The van der Waals surface area contributed by atoms with E-state index in [1.54, 1.807) is 0 Å². The first kappa shape index (κ1) is 32.3. The highest BCUT2D eigenvalue weighted by Crippen LogP contribution is 2.56. The van der Waals surface area contributed by atoms with Crippen LogP contribution in [0.5, 0.6) is 0 Å². The SMILES string of the molecule is CC1(C)c2ccccc2N(c2ccccc2)c2cc3c(cc21)sc1c3ccc2c1ccc1c3cc4c(cc3sc12)C(C)(C)c1ccccc1N4c1ccccc1. The molecule has 0 bridgehead atoms. The predicted molar refractivity (Wildman–Crippen MR) is 243 cm³/mol. The Kier molecular flexibility index (Phi) is 6.53. The molecule has 0 atom stereocenters. The monoisotopic (exact) mass is 754 g/mol. The summed E-state index contributed by atoms with van der Waals surface area (Å²) in [7, 11) is 0. The molecule has 56 heavy (non-hydrogen) atoms. The third-order valence-electron chi connectivity index (χ3n) is 12.8. The molecule has 0 amide bonds. The summed E-state index contributed by atoms with van der Waals surface area (Å²) in [5, 5.41) is 8.00. The van der Waals surface area contributed by atoms with E-state index >= 15 is 0 Å². The van der Waals surface area contributed by atoms with Gasteiger partial charge in [0.1, 0.15) is 0 Å². The minimum absolute atomic E-state index is 0.141. The molecule has 0 radical (unpaired) electrons. The largest absolute Gasteiger partial charge is 0.310 e. The highest BCUT2D eigenvalue weighted by atomic mass is 32.1. The number of rotatable bonds is 2. The van der Waals surface area contributed by atoms with E-state index in [1.165, 1.54) is 107 Å². The van der Waals surface area contributed by atoms with Gasteiger partial charge < -0.3 is 9.80 Å². The second-order valence-corrected chi connectivity index (χ2v) is 18.6. The average molecular weight is 755 g/mol. The molecule has 10 aromatic rings. The third-order valence-corrected chi connectivity index (χ3v) is 15.2. The summed E-state index contributed by atoms with van der Waals surface area (Å²) in [4.78, 5) is 4.94. The van der Waals surface area contributed by atoms with Gasteiger partial charge in [-0.05, 0) is 82.9 Å². The van der Waals surface area contributed by atoms with E-state index in [9.17, 15) is 0 Å². The molecule has 0 aliphatic carbocycles. The lowest BCUT2D eigenvalue weighted by atomic mass is 9.73. The number of para-hydroxylation sites is 4. The summed E-state index contributed by atoms with van der Waals surface area (Å²) in [6.07, 6.45) is 0. The lowest BCUT2D eigenvalue weighted by molar-refractivity contribution is 0.633. The summed E-state index contributed by atoms with van der Waals surface area (Å²) in [6.45, 7) is 9.54. The summed E-state index contributed by atoms with van der Waals surface area (Å²) >= 11 is 3.90. The highest BCUT2D eigenvalue weighted by molar-refractivity contribution is 7.28. The molecule has 4 heteroatoms. The van der Waals surface area contributed by atoms with Crippen LogP contribution in [0.1, 0.15) is 49.9 Å². The molecule has 268 valence electrons. The molecule has 0 fully saturated rings. The van der Waals surface area contributed by atoms with Gasteiger partial charge in [0.2, 0.25) is 0 Å². The van der Waals surface area contributed by atoms with Crippen molar-refractivity contribution in [1.82, 2.24) is 0 Å². The number of fused-ring (bicyclic) bond motifs is 13. The maximum absolute atomic E-state index is 2.49. The fraction of sp³-hybridized carbons (Fsp3) is 0.115. The number of benzene rings is 8. The summed E-state index contributed by atoms with van der Waals surface area (Å²) in [5.74, 6) is 0. The molecule has 2 nitrogen and oxygen atoms in total. The topological polar surface area (TPSA) is 6.48 Å². The van der Waals surface area contributed by atoms with Gasteiger partial charge in [0.05, 0.1) is 22.7 Å². The quantitative estimate of drug-likeness (QED) is 0.173. The highest BCUT2D eigenvalue weighted by Gasteiger charge is 2.39. The minimum Gasteiger partial charge on any atom is -0.310 e. The smallest absolute Gasteiger partial charge is 0.0509 e. The van der Waals surface area contributed by atoms with Crippen LogP contribution in [0.15, 0.2) is 158 Å². The minimum atomic E-state index is -0.141. The second-order valence-electron chi connectivity index (χ2n) is 16.5. The maximum Gasteiger partial charge on any atom is 0.0509 e. The van der Waals surface area contributed by atoms with Crippen molar-refractivity contribution in [2.24, 2.45) is 0 Å². The molecule has 0 saturated carbocycles. The number of hydrogen-bond donors (Lipinski definition) is 0. The number of anilines is 6. The molecular formula is C52H38N2S2. The van der Waals surface area contributed by atoms with Crippen LogP contribution in [0.3, 0.4) is 0 Å². The first-order valence-corrected chi connectivity index (χ1v) is 21.1. The van der Waals surface area contributed by atoms with Gasteiger partial charge in [-0.2, -0.15) is 0 Å². The van der Waals surface area contributed by atoms with Crippen LogP contribution in [-0.2, 0) is 10.8 Å². The Labute approximate surface area is 334 Å². The summed E-state index contributed by atoms with van der Waals surface area (Å²) in [5.41, 5.74) is 12.6. The Hall–Kier alpha value is -5.94. The fourth-order valence-corrected chi connectivity index (χ4v) is 12.5. The van der Waals surface area contributed by atoms with E-state index in [1.807, 2.05) is 22.7 Å². The normalized spacial score (nSPS) is 15.4. The van der Waals surface area contributed by atoms with Gasteiger partial charge in [-0.3, -0.25) is 0 Å². The van der Waals surface area contributed by atoms with Crippen molar-refractivity contribution >= 4 is 108 Å². The van der Waals surface area contributed by atoms with E-state index in [0.29, 0.717) is 0 Å². The molecule has 2 aromatic heterocycles. The molecule has 0 unspecified atom stereocenters. The van der Waals surface area contributed by atoms with Crippen molar-refractivity contribution < 1.29 is 0 Å². The van der Waals surface area contributed by atoms with E-state index in [0.717, 1.165) is 0 Å². The molecule has 2 aliphatic heterocycles. The summed E-state index contributed by atoms with van der Waals surface area (Å²) < 4.78 is 5.43. The van der Waals surface area contributed by atoms with Crippen molar-refractivity contribution in [2.45, 2.75) is 38.5 Å². The molecule has 0 spiro atoms. The Morgan fingerprint density at radius 3 is 1.11 bits per heavy atom. The molecule has 2 aliphatic rings. The summed E-state index contributed by atoms with van der Waals surface area (Å²) in [6, 6.07) is 59.1. The maximum atomic E-state index is 2.49. The zero-order chi connectivity index (χ0) is 37.5. The van der Waals surface area contributed by atoms with E-state index < -0.39 is 0 Å². The first-order chi connectivity index (χ1) is 27.3. The predicted octanol–water partition coefficient (Wildman–Crippen LogP) is 15.8. The molecule has 4 heterocycles. The van der Waals surface area contributed by atoms with Crippen LogP contribution in [0.4, 0.5) is 34.1 Å². The van der Waals surface area contributed by atoms with Gasteiger partial charge in [0.25, 0.3) is 0 Å². The standard InChI is InChI=1S/C52H38N2S2/c1-51(2)39-19-11-13-21-43(39)53(31-15-7-5-8-16-31)45-27-37-35-25-23-34-33(49(35)55-47(37)29-41(45)51)24-26-36-38-28-46-42(30-48(38)56-50(34)36)52(3,4)40-20-12-14-22-44(40)54(46)32-17-9-6-10-18-32/h5-30H,1-4H3. The fourth-order valence-electron chi connectivity index (χ4n) is 9.97. The van der Waals surface area contributed by atoms with Crippen LogP contribution in [0.25, 0.3) is 51.1 Å². The lowest BCUT2D eigenvalue weighted by Gasteiger charge is -2.42. The Bertz CT molecular complexity index is 3040. The zero-order valence-electron chi connectivity index (χ0n) is 31.7. The van der Waals surface area contributed by atoms with Gasteiger partial charge in [0.15, 0.2) is 0 Å². The molecule has 8 aromatic carbocycles. The van der Waals surface area contributed by atoms with Crippen LogP contribution in [0, 0.1) is 0 Å². The Morgan fingerprint density at radius 1 is 0.339 bits per heavy atom. The van der Waals surface area contributed by atoms with E-state index in [-0.39, 0.29) is 10.8 Å². The van der Waals surface area contributed by atoms with E-state index in [2.05, 4.69) is 195 Å². The van der Waals surface area contributed by atoms with Crippen molar-refractivity contribution in [3.8, 4) is 0 Å². The Balaban J connectivity index is 1.08. The number of nitrogens with zero attached hydrogens (tertiary/aromatic N) is 2. The van der Waals surface area contributed by atoms with Crippen LogP contribution < -0.4 is 9.80 Å². The Morgan fingerprint density at radius 2 is 0.696 bits per heavy atom. The van der Waals surface area contributed by atoms with Crippen LogP contribution in [0.2, 0.25) is 0 Å². The van der Waals surface area contributed by atoms with Crippen LogP contribution in [-0.4, -0.2) is 0 Å². The van der Waals surface area contributed by atoms with Crippen LogP contribution >= 0.6 is 22.7 Å². The van der Waals surface area contributed by atoms with Gasteiger partial charge in [-0.15, -0.1) is 22.7 Å². The average Bonchev–Trinajstić information content (AvgIpc) is 3.79. The number of thiophene rings is 2. The van der Waals surface area contributed by atoms with Crippen molar-refractivity contribution in [2.75, 3.05) is 9.80 Å². The second kappa shape index (κ2) is 11.3. The van der Waals surface area contributed by atoms with Gasteiger partial charge in [0, 0.05) is 73.3 Å².